The van der Waals surface area contributed by atoms with E-state index in [-0.39, 0.29) is 17.0 Å². The van der Waals surface area contributed by atoms with Crippen LogP contribution in [-0.2, 0) is 13.1 Å². The van der Waals surface area contributed by atoms with Crippen LogP contribution in [0.3, 0.4) is 0 Å². The molecule has 3 aromatic carbocycles. The number of hydrogen-bond acceptors (Lipinski definition) is 0. The largest absolute Gasteiger partial charge is 1.00 e. The van der Waals surface area contributed by atoms with Crippen LogP contribution in [0.25, 0.3) is 21.5 Å². The Morgan fingerprint density at radius 2 is 1.67 bits per heavy atom. The number of fused-ring (bicyclic) bond motifs is 4. The van der Waals surface area contributed by atoms with Crippen LogP contribution in [0.1, 0.15) is 11.1 Å². The maximum atomic E-state index is 6.78. The minimum atomic E-state index is 0. The minimum absolute atomic E-state index is 0. The molecule has 0 aliphatic carbocycles. The van der Waals surface area contributed by atoms with Crippen molar-refractivity contribution in [1.29, 1.82) is 0 Å². The van der Waals surface area contributed by atoms with E-state index < -0.39 is 0 Å². The van der Waals surface area contributed by atoms with Crippen molar-refractivity contribution in [3.63, 3.8) is 0 Å². The number of benzene rings is 3. The molecule has 0 aromatic heterocycles. The molecule has 0 bridgehead atoms. The van der Waals surface area contributed by atoms with E-state index in [4.69, 9.17) is 11.6 Å². The predicted octanol–water partition coefficient (Wildman–Crippen LogP) is 1.74. The number of hydrogen-bond donors (Lipinski definition) is 0. The summed E-state index contributed by atoms with van der Waals surface area (Å²) in [5, 5.41) is 5.95. The Morgan fingerprint density at radius 1 is 0.952 bits per heavy atom. The first kappa shape index (κ1) is 14.8. The standard InChI is InChI=1S/C18H17ClN.BrH/c1-20(2)10-14-9-13-8-7-12-5-3-4-6-15(12)17(13)18(19)16(14)11-20;/h3-9H,10-11H2,1-2H3;1H/q+1;/p-1. The van der Waals surface area contributed by atoms with E-state index in [2.05, 4.69) is 56.6 Å². The van der Waals surface area contributed by atoms with Gasteiger partial charge in [0.1, 0.15) is 13.1 Å². The molecule has 0 unspecified atom stereocenters. The van der Waals surface area contributed by atoms with Gasteiger partial charge in [-0.3, -0.25) is 0 Å². The zero-order valence-electron chi connectivity index (χ0n) is 12.2. The van der Waals surface area contributed by atoms with Crippen LogP contribution in [-0.4, -0.2) is 18.6 Å². The number of quaternary nitrogens is 1. The third-order valence-electron chi connectivity index (χ3n) is 4.35. The molecule has 0 saturated carbocycles. The Morgan fingerprint density at radius 3 is 2.48 bits per heavy atom. The Bertz CT molecular complexity index is 855. The molecule has 0 fully saturated rings. The van der Waals surface area contributed by atoms with E-state index in [1.807, 2.05) is 0 Å². The van der Waals surface area contributed by atoms with Crippen molar-refractivity contribution in [3.05, 3.63) is 58.6 Å². The molecule has 21 heavy (non-hydrogen) atoms. The molecule has 1 nitrogen and oxygen atoms in total. The van der Waals surface area contributed by atoms with Gasteiger partial charge in [0, 0.05) is 16.5 Å². The van der Waals surface area contributed by atoms with E-state index in [0.29, 0.717) is 0 Å². The molecule has 0 saturated heterocycles. The smallest absolute Gasteiger partial charge is 0.106 e. The lowest BCUT2D eigenvalue weighted by Crippen LogP contribution is -3.00. The second kappa shape index (κ2) is 4.98. The van der Waals surface area contributed by atoms with Crippen molar-refractivity contribution in [2.24, 2.45) is 0 Å². The van der Waals surface area contributed by atoms with Crippen molar-refractivity contribution < 1.29 is 21.5 Å². The molecule has 0 N–H and O–H groups in total. The molecule has 0 atom stereocenters. The van der Waals surface area contributed by atoms with E-state index in [0.717, 1.165) is 22.6 Å². The second-order valence-electron chi connectivity index (χ2n) is 6.46. The highest BCUT2D eigenvalue weighted by atomic mass is 79.9. The van der Waals surface area contributed by atoms with Gasteiger partial charge in [0.25, 0.3) is 0 Å². The summed E-state index contributed by atoms with van der Waals surface area (Å²) >= 11 is 6.78. The molecule has 1 heterocycles. The van der Waals surface area contributed by atoms with Gasteiger partial charge in [0.15, 0.2) is 0 Å². The molecule has 1 aliphatic rings. The zero-order valence-corrected chi connectivity index (χ0v) is 14.5. The van der Waals surface area contributed by atoms with Gasteiger partial charge in [0.2, 0.25) is 0 Å². The summed E-state index contributed by atoms with van der Waals surface area (Å²) in [6.45, 7) is 2.09. The lowest BCUT2D eigenvalue weighted by molar-refractivity contribution is -0.910. The Balaban J connectivity index is 0.00000132. The summed E-state index contributed by atoms with van der Waals surface area (Å²) in [5.74, 6) is 0. The first-order chi connectivity index (χ1) is 9.55. The molecule has 0 radical (unpaired) electrons. The molecule has 1 aliphatic heterocycles. The van der Waals surface area contributed by atoms with Crippen molar-refractivity contribution in [1.82, 2.24) is 0 Å². The number of nitrogens with zero attached hydrogens (tertiary/aromatic N) is 1. The van der Waals surface area contributed by atoms with Crippen LogP contribution >= 0.6 is 11.6 Å². The van der Waals surface area contributed by atoms with Crippen LogP contribution in [0.15, 0.2) is 42.5 Å². The molecular formula is C18H17BrClN. The van der Waals surface area contributed by atoms with Gasteiger partial charge in [-0.05, 0) is 22.2 Å². The lowest BCUT2D eigenvalue weighted by atomic mass is 9.97. The maximum Gasteiger partial charge on any atom is 0.106 e. The highest BCUT2D eigenvalue weighted by Crippen LogP contribution is 2.40. The summed E-state index contributed by atoms with van der Waals surface area (Å²) in [6.07, 6.45) is 0. The van der Waals surface area contributed by atoms with Gasteiger partial charge in [0.05, 0.1) is 19.1 Å². The maximum absolute atomic E-state index is 6.78. The van der Waals surface area contributed by atoms with Crippen LogP contribution in [0.2, 0.25) is 5.02 Å². The Labute approximate surface area is 140 Å². The van der Waals surface area contributed by atoms with Crippen molar-refractivity contribution in [2.75, 3.05) is 14.1 Å². The predicted molar refractivity (Wildman–Crippen MR) is 86.0 cm³/mol. The molecule has 3 aromatic rings. The summed E-state index contributed by atoms with van der Waals surface area (Å²) in [4.78, 5) is 0. The normalized spacial score (nSPS) is 16.0. The van der Waals surface area contributed by atoms with Gasteiger partial charge in [-0.1, -0.05) is 48.0 Å². The Kier molecular flexibility index (Phi) is 3.52. The summed E-state index contributed by atoms with van der Waals surface area (Å²) in [6, 6.07) is 15.2. The van der Waals surface area contributed by atoms with Crippen molar-refractivity contribution >= 4 is 33.1 Å². The van der Waals surface area contributed by atoms with Crippen LogP contribution in [0, 0.1) is 0 Å². The lowest BCUT2D eigenvalue weighted by Gasteiger charge is -2.22. The van der Waals surface area contributed by atoms with Gasteiger partial charge in [-0.2, -0.15) is 0 Å². The minimum Gasteiger partial charge on any atom is -1.00 e. The number of rotatable bonds is 0. The molecule has 0 spiro atoms. The van der Waals surface area contributed by atoms with Gasteiger partial charge < -0.3 is 21.5 Å². The second-order valence-corrected chi connectivity index (χ2v) is 6.84. The van der Waals surface area contributed by atoms with Gasteiger partial charge >= 0.3 is 0 Å². The highest BCUT2D eigenvalue weighted by Gasteiger charge is 2.30. The number of halogens is 2. The average molecular weight is 363 g/mol. The van der Waals surface area contributed by atoms with Gasteiger partial charge in [-0.25, -0.2) is 0 Å². The first-order valence-corrected chi connectivity index (χ1v) is 7.37. The average Bonchev–Trinajstić information content (AvgIpc) is 2.73. The van der Waals surface area contributed by atoms with Gasteiger partial charge in [-0.15, -0.1) is 0 Å². The molecule has 3 heteroatoms. The fraction of sp³-hybridized carbons (Fsp3) is 0.222. The fourth-order valence-electron chi connectivity index (χ4n) is 3.48. The zero-order chi connectivity index (χ0) is 13.9. The quantitative estimate of drug-likeness (QED) is 0.422. The fourth-order valence-corrected chi connectivity index (χ4v) is 3.87. The van der Waals surface area contributed by atoms with E-state index in [1.165, 1.54) is 32.7 Å². The monoisotopic (exact) mass is 361 g/mol. The van der Waals surface area contributed by atoms with Crippen molar-refractivity contribution in [2.45, 2.75) is 13.1 Å². The molecule has 0 amide bonds. The van der Waals surface area contributed by atoms with E-state index in [1.54, 1.807) is 0 Å². The van der Waals surface area contributed by atoms with Crippen LogP contribution in [0.5, 0.6) is 0 Å². The Hall–Kier alpha value is -1.09. The van der Waals surface area contributed by atoms with Crippen molar-refractivity contribution in [3.8, 4) is 0 Å². The van der Waals surface area contributed by atoms with E-state index in [9.17, 15) is 0 Å². The third kappa shape index (κ3) is 2.26. The highest BCUT2D eigenvalue weighted by molar-refractivity contribution is 6.38. The first-order valence-electron chi connectivity index (χ1n) is 6.99. The molecule has 108 valence electrons. The summed E-state index contributed by atoms with van der Waals surface area (Å²) < 4.78 is 0.989. The third-order valence-corrected chi connectivity index (χ3v) is 4.76. The van der Waals surface area contributed by atoms with Crippen LogP contribution < -0.4 is 17.0 Å². The van der Waals surface area contributed by atoms with E-state index >= 15 is 0 Å². The topological polar surface area (TPSA) is 0 Å². The SMILES string of the molecule is C[N+]1(C)Cc2cc3ccc4ccccc4c3c(Cl)c2C1.[Br-]. The summed E-state index contributed by atoms with van der Waals surface area (Å²) in [5.41, 5.74) is 2.74. The summed E-state index contributed by atoms with van der Waals surface area (Å²) in [7, 11) is 4.53. The molecular weight excluding hydrogens is 346 g/mol. The van der Waals surface area contributed by atoms with Crippen LogP contribution in [0.4, 0.5) is 0 Å². The molecule has 4 rings (SSSR count).